The first-order valence-corrected chi connectivity index (χ1v) is 4.39. The van der Waals surface area contributed by atoms with Gasteiger partial charge in [0, 0.05) is 11.8 Å². The third-order valence-corrected chi connectivity index (χ3v) is 1.91. The maximum atomic E-state index is 10.8. The first-order chi connectivity index (χ1) is 7.06. The molecule has 0 saturated heterocycles. The Hall–Kier alpha value is -2.09. The normalized spacial score (nSPS) is 11.5. The molecule has 0 aliphatic carbocycles. The summed E-state index contributed by atoms with van der Waals surface area (Å²) in [6.07, 6.45) is 6.68. The van der Waals surface area contributed by atoms with Crippen molar-refractivity contribution in [1.82, 2.24) is 4.98 Å². The van der Waals surface area contributed by atoms with Crippen LogP contribution in [-0.2, 0) is 0 Å². The molecule has 1 N–H and O–H groups in total. The predicted molar refractivity (Wildman–Crippen MR) is 57.5 cm³/mol. The minimum absolute atomic E-state index is 0.0281. The SMILES string of the molecule is C#CC(C)Nc1nccc(C)c1[N+](=O)[O-]. The van der Waals surface area contributed by atoms with Gasteiger partial charge in [0.1, 0.15) is 0 Å². The lowest BCUT2D eigenvalue weighted by Gasteiger charge is -2.09. The van der Waals surface area contributed by atoms with Crippen LogP contribution in [0.4, 0.5) is 11.5 Å². The average Bonchev–Trinajstić information content (AvgIpc) is 2.17. The third-order valence-electron chi connectivity index (χ3n) is 1.91. The topological polar surface area (TPSA) is 68.1 Å². The molecule has 0 spiro atoms. The van der Waals surface area contributed by atoms with Gasteiger partial charge in [-0.15, -0.1) is 6.42 Å². The summed E-state index contributed by atoms with van der Waals surface area (Å²) in [6, 6.07) is 1.29. The third kappa shape index (κ3) is 2.44. The van der Waals surface area contributed by atoms with Crippen LogP contribution >= 0.6 is 0 Å². The highest BCUT2D eigenvalue weighted by Crippen LogP contribution is 2.25. The Labute approximate surface area is 87.7 Å². The van der Waals surface area contributed by atoms with E-state index in [1.165, 1.54) is 6.20 Å². The number of nitro groups is 1. The van der Waals surface area contributed by atoms with Crippen LogP contribution < -0.4 is 5.32 Å². The van der Waals surface area contributed by atoms with E-state index in [0.717, 1.165) is 0 Å². The molecule has 1 heterocycles. The maximum Gasteiger partial charge on any atom is 0.314 e. The van der Waals surface area contributed by atoms with Crippen LogP contribution in [0.3, 0.4) is 0 Å². The monoisotopic (exact) mass is 205 g/mol. The second kappa shape index (κ2) is 4.42. The van der Waals surface area contributed by atoms with E-state index in [0.29, 0.717) is 5.56 Å². The van der Waals surface area contributed by atoms with Gasteiger partial charge in [0.25, 0.3) is 0 Å². The highest BCUT2D eigenvalue weighted by Gasteiger charge is 2.18. The lowest BCUT2D eigenvalue weighted by atomic mass is 10.2. The van der Waals surface area contributed by atoms with Crippen LogP contribution in [-0.4, -0.2) is 15.9 Å². The molecular weight excluding hydrogens is 194 g/mol. The Kier molecular flexibility index (Phi) is 3.24. The number of hydrogen-bond donors (Lipinski definition) is 1. The zero-order valence-electron chi connectivity index (χ0n) is 8.52. The molecule has 1 atom stereocenters. The summed E-state index contributed by atoms with van der Waals surface area (Å²) in [4.78, 5) is 14.2. The van der Waals surface area contributed by atoms with Gasteiger partial charge in [0.05, 0.1) is 11.0 Å². The number of anilines is 1. The maximum absolute atomic E-state index is 10.8. The molecule has 0 fully saturated rings. The van der Waals surface area contributed by atoms with Gasteiger partial charge in [-0.05, 0) is 19.9 Å². The molecule has 1 aromatic rings. The number of nitrogens with zero attached hydrogens (tertiary/aromatic N) is 2. The minimum Gasteiger partial charge on any atom is -0.351 e. The van der Waals surface area contributed by atoms with Crippen LogP contribution in [0.5, 0.6) is 0 Å². The number of rotatable bonds is 3. The largest absolute Gasteiger partial charge is 0.351 e. The molecule has 0 saturated carbocycles. The summed E-state index contributed by atoms with van der Waals surface area (Å²) in [7, 11) is 0. The quantitative estimate of drug-likeness (QED) is 0.463. The molecule has 0 bridgehead atoms. The van der Waals surface area contributed by atoms with Crippen molar-refractivity contribution in [2.24, 2.45) is 0 Å². The molecular formula is C10H11N3O2. The van der Waals surface area contributed by atoms with Crippen molar-refractivity contribution in [2.75, 3.05) is 5.32 Å². The number of terminal acetylenes is 1. The Morgan fingerprint density at radius 2 is 2.40 bits per heavy atom. The van der Waals surface area contributed by atoms with Gasteiger partial charge in [0.15, 0.2) is 0 Å². The van der Waals surface area contributed by atoms with Gasteiger partial charge >= 0.3 is 5.69 Å². The molecule has 0 aromatic carbocycles. The molecule has 0 amide bonds. The molecule has 5 nitrogen and oxygen atoms in total. The van der Waals surface area contributed by atoms with Gasteiger partial charge in [-0.1, -0.05) is 5.92 Å². The van der Waals surface area contributed by atoms with E-state index >= 15 is 0 Å². The van der Waals surface area contributed by atoms with Crippen molar-refractivity contribution in [2.45, 2.75) is 19.9 Å². The van der Waals surface area contributed by atoms with Gasteiger partial charge in [-0.25, -0.2) is 4.98 Å². The first kappa shape index (κ1) is 11.0. The second-order valence-corrected chi connectivity index (χ2v) is 3.11. The summed E-state index contributed by atoms with van der Waals surface area (Å²) in [5.74, 6) is 2.64. The fraction of sp³-hybridized carbons (Fsp3) is 0.300. The summed E-state index contributed by atoms with van der Waals surface area (Å²) in [6.45, 7) is 3.39. The fourth-order valence-corrected chi connectivity index (χ4v) is 1.13. The van der Waals surface area contributed by atoms with Gasteiger partial charge in [-0.2, -0.15) is 0 Å². The summed E-state index contributed by atoms with van der Waals surface area (Å²) in [5.41, 5.74) is 0.529. The van der Waals surface area contributed by atoms with Crippen molar-refractivity contribution in [1.29, 1.82) is 0 Å². The highest BCUT2D eigenvalue weighted by atomic mass is 16.6. The Morgan fingerprint density at radius 3 is 2.93 bits per heavy atom. The van der Waals surface area contributed by atoms with Crippen LogP contribution in [0.2, 0.25) is 0 Å². The van der Waals surface area contributed by atoms with Crippen molar-refractivity contribution in [3.63, 3.8) is 0 Å². The number of nitrogens with one attached hydrogen (secondary N) is 1. The lowest BCUT2D eigenvalue weighted by Crippen LogP contribution is -2.15. The molecule has 0 radical (unpaired) electrons. The standard InChI is InChI=1S/C10H11N3O2/c1-4-8(3)12-10-9(13(14)15)7(2)5-6-11-10/h1,5-6,8H,2-3H3,(H,11,12). The molecule has 5 heteroatoms. The van der Waals surface area contributed by atoms with Crippen molar-refractivity contribution in [3.8, 4) is 12.3 Å². The predicted octanol–water partition coefficient (Wildman–Crippen LogP) is 1.73. The Balaban J connectivity index is 3.13. The van der Waals surface area contributed by atoms with Gasteiger partial charge in [-0.3, -0.25) is 10.1 Å². The highest BCUT2D eigenvalue weighted by molar-refractivity contribution is 5.60. The molecule has 0 aliphatic rings. The minimum atomic E-state index is -0.464. The zero-order chi connectivity index (χ0) is 11.4. The smallest absolute Gasteiger partial charge is 0.314 e. The number of pyridine rings is 1. The first-order valence-electron chi connectivity index (χ1n) is 4.39. The van der Waals surface area contributed by atoms with E-state index in [2.05, 4.69) is 16.2 Å². The van der Waals surface area contributed by atoms with Crippen molar-refractivity contribution in [3.05, 3.63) is 27.9 Å². The molecule has 1 aromatic heterocycles. The van der Waals surface area contributed by atoms with Crippen LogP contribution in [0.1, 0.15) is 12.5 Å². The van der Waals surface area contributed by atoms with Gasteiger partial charge in [0.2, 0.25) is 5.82 Å². The molecule has 1 unspecified atom stereocenters. The zero-order valence-corrected chi connectivity index (χ0v) is 8.52. The van der Waals surface area contributed by atoms with E-state index in [4.69, 9.17) is 6.42 Å². The summed E-state index contributed by atoms with van der Waals surface area (Å²) < 4.78 is 0. The van der Waals surface area contributed by atoms with E-state index in [1.807, 2.05) is 0 Å². The van der Waals surface area contributed by atoms with Crippen LogP contribution in [0, 0.1) is 29.4 Å². The molecule has 15 heavy (non-hydrogen) atoms. The van der Waals surface area contributed by atoms with E-state index in [-0.39, 0.29) is 17.5 Å². The second-order valence-electron chi connectivity index (χ2n) is 3.11. The van der Waals surface area contributed by atoms with E-state index < -0.39 is 4.92 Å². The van der Waals surface area contributed by atoms with E-state index in [1.54, 1.807) is 19.9 Å². The van der Waals surface area contributed by atoms with Crippen molar-refractivity contribution < 1.29 is 4.92 Å². The van der Waals surface area contributed by atoms with Crippen LogP contribution in [0.25, 0.3) is 0 Å². The van der Waals surface area contributed by atoms with E-state index in [9.17, 15) is 10.1 Å². The molecule has 1 rings (SSSR count). The average molecular weight is 205 g/mol. The van der Waals surface area contributed by atoms with Crippen LogP contribution in [0.15, 0.2) is 12.3 Å². The summed E-state index contributed by atoms with van der Waals surface area (Å²) in [5, 5.41) is 13.6. The fourth-order valence-electron chi connectivity index (χ4n) is 1.13. The van der Waals surface area contributed by atoms with Crippen molar-refractivity contribution >= 4 is 11.5 Å². The summed E-state index contributed by atoms with van der Waals surface area (Å²) >= 11 is 0. The molecule has 0 aliphatic heterocycles. The Morgan fingerprint density at radius 1 is 1.73 bits per heavy atom. The number of aryl methyl sites for hydroxylation is 1. The Bertz CT molecular complexity index is 423. The number of hydrogen-bond acceptors (Lipinski definition) is 4. The lowest BCUT2D eigenvalue weighted by molar-refractivity contribution is -0.384. The molecule has 78 valence electrons. The van der Waals surface area contributed by atoms with Gasteiger partial charge < -0.3 is 5.32 Å². The number of aromatic nitrogens is 1.